The lowest BCUT2D eigenvalue weighted by atomic mass is 10.0. The Balaban J connectivity index is 3.17. The van der Waals surface area contributed by atoms with E-state index >= 15 is 0 Å². The highest BCUT2D eigenvalue weighted by Crippen LogP contribution is 2.28. The van der Waals surface area contributed by atoms with E-state index in [2.05, 4.69) is 4.72 Å². The van der Waals surface area contributed by atoms with Crippen LogP contribution in [0.5, 0.6) is 11.5 Å². The highest BCUT2D eigenvalue weighted by Gasteiger charge is 2.25. The fraction of sp³-hybridized carbons (Fsp3) is 0.571. The van der Waals surface area contributed by atoms with Crippen molar-refractivity contribution in [2.45, 2.75) is 31.2 Å². The molecule has 1 aromatic carbocycles. The van der Waals surface area contributed by atoms with E-state index < -0.39 is 10.0 Å². The maximum absolute atomic E-state index is 12.5. The minimum Gasteiger partial charge on any atom is -0.497 e. The first-order valence-corrected chi connectivity index (χ1v) is 8.19. The van der Waals surface area contributed by atoms with Gasteiger partial charge in [0, 0.05) is 18.7 Å². The molecule has 1 aromatic rings. The molecule has 0 aliphatic carbocycles. The molecule has 2 N–H and O–H groups in total. The maximum Gasteiger partial charge on any atom is 0.244 e. The molecule has 120 valence electrons. The second-order valence-electron chi connectivity index (χ2n) is 5.00. The summed E-state index contributed by atoms with van der Waals surface area (Å²) in [6, 6.07) is 4.24. The molecule has 0 saturated heterocycles. The molecule has 1 atom stereocenters. The SMILES string of the molecule is COc1ccc(OC)c(S(=O)(=O)NC(CCO)C(C)C)c1. The van der Waals surface area contributed by atoms with E-state index in [1.807, 2.05) is 13.8 Å². The van der Waals surface area contributed by atoms with Crippen LogP contribution in [0.2, 0.25) is 0 Å². The summed E-state index contributed by atoms with van der Waals surface area (Å²) in [5, 5.41) is 9.06. The molecule has 0 heterocycles. The van der Waals surface area contributed by atoms with Crippen LogP contribution in [0, 0.1) is 5.92 Å². The van der Waals surface area contributed by atoms with Gasteiger partial charge >= 0.3 is 0 Å². The van der Waals surface area contributed by atoms with Gasteiger partial charge in [0.15, 0.2) is 0 Å². The van der Waals surface area contributed by atoms with E-state index in [0.29, 0.717) is 12.2 Å². The molecule has 21 heavy (non-hydrogen) atoms. The molecule has 0 amide bonds. The Morgan fingerprint density at radius 3 is 2.38 bits per heavy atom. The summed E-state index contributed by atoms with van der Waals surface area (Å²) in [5.41, 5.74) is 0. The van der Waals surface area contributed by atoms with Crippen LogP contribution in [0.3, 0.4) is 0 Å². The third-order valence-electron chi connectivity index (χ3n) is 3.21. The zero-order valence-corrected chi connectivity index (χ0v) is 13.6. The van der Waals surface area contributed by atoms with Gasteiger partial charge in [-0.3, -0.25) is 0 Å². The predicted molar refractivity (Wildman–Crippen MR) is 80.2 cm³/mol. The van der Waals surface area contributed by atoms with Crippen LogP contribution in [-0.4, -0.2) is 40.4 Å². The van der Waals surface area contributed by atoms with Crippen LogP contribution < -0.4 is 14.2 Å². The first-order chi connectivity index (χ1) is 9.85. The zero-order chi connectivity index (χ0) is 16.0. The Kier molecular flexibility index (Phi) is 6.44. The van der Waals surface area contributed by atoms with Crippen molar-refractivity contribution in [1.82, 2.24) is 4.72 Å². The van der Waals surface area contributed by atoms with E-state index in [-0.39, 0.29) is 29.2 Å². The molecule has 0 saturated carbocycles. The first kappa shape index (κ1) is 17.7. The third kappa shape index (κ3) is 4.59. The van der Waals surface area contributed by atoms with Gasteiger partial charge in [0.2, 0.25) is 10.0 Å². The van der Waals surface area contributed by atoms with Crippen molar-refractivity contribution in [3.63, 3.8) is 0 Å². The Labute approximate surface area is 126 Å². The molecule has 0 radical (unpaired) electrons. The summed E-state index contributed by atoms with van der Waals surface area (Å²) in [4.78, 5) is 0.0212. The number of aliphatic hydroxyl groups is 1. The molecule has 0 fully saturated rings. The van der Waals surface area contributed by atoms with E-state index in [0.717, 1.165) is 0 Å². The average molecular weight is 317 g/mol. The zero-order valence-electron chi connectivity index (χ0n) is 12.8. The summed E-state index contributed by atoms with van der Waals surface area (Å²) >= 11 is 0. The van der Waals surface area contributed by atoms with Crippen LogP contribution in [0.15, 0.2) is 23.1 Å². The van der Waals surface area contributed by atoms with Gasteiger partial charge in [0.1, 0.15) is 16.4 Å². The summed E-state index contributed by atoms with van der Waals surface area (Å²) < 4.78 is 37.9. The van der Waals surface area contributed by atoms with Gasteiger partial charge in [0.25, 0.3) is 0 Å². The summed E-state index contributed by atoms with van der Waals surface area (Å²) in [7, 11) is -0.890. The van der Waals surface area contributed by atoms with Gasteiger partial charge < -0.3 is 14.6 Å². The van der Waals surface area contributed by atoms with Crippen molar-refractivity contribution < 1.29 is 23.0 Å². The van der Waals surface area contributed by atoms with Crippen LogP contribution in [0.25, 0.3) is 0 Å². The fourth-order valence-corrected chi connectivity index (χ4v) is 3.53. The van der Waals surface area contributed by atoms with Crippen molar-refractivity contribution >= 4 is 10.0 Å². The molecule has 1 rings (SSSR count). The number of benzene rings is 1. The van der Waals surface area contributed by atoms with Gasteiger partial charge in [-0.25, -0.2) is 13.1 Å². The molecule has 0 aliphatic rings. The van der Waals surface area contributed by atoms with Crippen LogP contribution >= 0.6 is 0 Å². The molecule has 0 bridgehead atoms. The Hall–Kier alpha value is -1.31. The highest BCUT2D eigenvalue weighted by atomic mass is 32.2. The smallest absolute Gasteiger partial charge is 0.244 e. The Morgan fingerprint density at radius 1 is 1.24 bits per heavy atom. The summed E-state index contributed by atoms with van der Waals surface area (Å²) in [6.07, 6.45) is 0.350. The molecule has 6 nitrogen and oxygen atoms in total. The number of sulfonamides is 1. The Bertz CT molecular complexity index is 556. The number of nitrogens with one attached hydrogen (secondary N) is 1. The van der Waals surface area contributed by atoms with E-state index in [1.54, 1.807) is 12.1 Å². The molecule has 0 aromatic heterocycles. The van der Waals surface area contributed by atoms with E-state index in [4.69, 9.17) is 14.6 Å². The van der Waals surface area contributed by atoms with Gasteiger partial charge in [-0.05, 0) is 24.5 Å². The van der Waals surface area contributed by atoms with Gasteiger partial charge in [-0.15, -0.1) is 0 Å². The molecule has 0 spiro atoms. The second kappa shape index (κ2) is 7.63. The minimum atomic E-state index is -3.77. The lowest BCUT2D eigenvalue weighted by Crippen LogP contribution is -2.39. The van der Waals surface area contributed by atoms with Crippen molar-refractivity contribution in [2.75, 3.05) is 20.8 Å². The van der Waals surface area contributed by atoms with Crippen molar-refractivity contribution in [1.29, 1.82) is 0 Å². The van der Waals surface area contributed by atoms with Crippen molar-refractivity contribution in [2.24, 2.45) is 5.92 Å². The third-order valence-corrected chi connectivity index (χ3v) is 4.72. The second-order valence-corrected chi connectivity index (χ2v) is 6.68. The van der Waals surface area contributed by atoms with Gasteiger partial charge in [0.05, 0.1) is 14.2 Å². The van der Waals surface area contributed by atoms with Gasteiger partial charge in [-0.2, -0.15) is 0 Å². The fourth-order valence-electron chi connectivity index (χ4n) is 1.92. The average Bonchev–Trinajstić information content (AvgIpc) is 2.45. The van der Waals surface area contributed by atoms with Crippen LogP contribution in [0.4, 0.5) is 0 Å². The molecule has 7 heteroatoms. The number of ether oxygens (including phenoxy) is 2. The van der Waals surface area contributed by atoms with E-state index in [9.17, 15) is 8.42 Å². The largest absolute Gasteiger partial charge is 0.497 e. The number of rotatable bonds is 8. The predicted octanol–water partition coefficient (Wildman–Crippen LogP) is 1.39. The number of hydrogen-bond donors (Lipinski definition) is 2. The van der Waals surface area contributed by atoms with Crippen LogP contribution in [0.1, 0.15) is 20.3 Å². The quantitative estimate of drug-likeness (QED) is 0.757. The maximum atomic E-state index is 12.5. The Morgan fingerprint density at radius 2 is 1.90 bits per heavy atom. The highest BCUT2D eigenvalue weighted by molar-refractivity contribution is 7.89. The van der Waals surface area contributed by atoms with Crippen molar-refractivity contribution in [3.8, 4) is 11.5 Å². The summed E-state index contributed by atoms with van der Waals surface area (Å²) in [6.45, 7) is 3.71. The molecular weight excluding hydrogens is 294 g/mol. The topological polar surface area (TPSA) is 84.9 Å². The van der Waals surface area contributed by atoms with E-state index in [1.165, 1.54) is 20.3 Å². The lowest BCUT2D eigenvalue weighted by Gasteiger charge is -2.22. The molecular formula is C14H23NO5S. The van der Waals surface area contributed by atoms with Gasteiger partial charge in [-0.1, -0.05) is 13.8 Å². The minimum absolute atomic E-state index is 0.0212. The molecule has 1 unspecified atom stereocenters. The summed E-state index contributed by atoms with van der Waals surface area (Å²) in [5.74, 6) is 0.734. The monoisotopic (exact) mass is 317 g/mol. The van der Waals surface area contributed by atoms with Crippen LogP contribution in [-0.2, 0) is 10.0 Å². The first-order valence-electron chi connectivity index (χ1n) is 6.71. The standard InChI is InChI=1S/C14H23NO5S/c1-10(2)12(7-8-16)15-21(17,18)14-9-11(19-3)5-6-13(14)20-4/h5-6,9-10,12,15-16H,7-8H2,1-4H3. The molecule has 0 aliphatic heterocycles. The number of methoxy groups -OCH3 is 2. The normalized spacial score (nSPS) is 13.2. The number of aliphatic hydroxyl groups excluding tert-OH is 1. The lowest BCUT2D eigenvalue weighted by molar-refractivity contribution is 0.255. The number of hydrogen-bond acceptors (Lipinski definition) is 5. The van der Waals surface area contributed by atoms with Crippen molar-refractivity contribution in [3.05, 3.63) is 18.2 Å².